The fourth-order valence-electron chi connectivity index (χ4n) is 4.41. The van der Waals surface area contributed by atoms with Crippen LogP contribution in [0.4, 0.5) is 13.2 Å². The molecule has 0 spiro atoms. The summed E-state index contributed by atoms with van der Waals surface area (Å²) in [6.45, 7) is 2.18. The van der Waals surface area contributed by atoms with E-state index in [2.05, 4.69) is 6.92 Å². The van der Waals surface area contributed by atoms with Gasteiger partial charge in [-0.25, -0.2) is 0 Å². The molecule has 0 bridgehead atoms. The van der Waals surface area contributed by atoms with Gasteiger partial charge in [0.1, 0.15) is 0 Å². The van der Waals surface area contributed by atoms with Crippen LogP contribution in [0.15, 0.2) is 60.7 Å². The van der Waals surface area contributed by atoms with Gasteiger partial charge in [0.25, 0.3) is 0 Å². The summed E-state index contributed by atoms with van der Waals surface area (Å²) in [7, 11) is 0. The highest BCUT2D eigenvalue weighted by Gasteiger charge is 2.33. The number of hydrogen-bond acceptors (Lipinski definition) is 1. The van der Waals surface area contributed by atoms with Crippen LogP contribution in [0, 0.1) is 0 Å². The SMILES string of the molecule is CCCCCc1ccc2c3c(C(N)=O)cccc3n(Cc3ccccc3C(F)(F)F)c2c1. The maximum Gasteiger partial charge on any atom is 0.416 e. The van der Waals surface area contributed by atoms with Crippen molar-refractivity contribution in [1.29, 1.82) is 0 Å². The van der Waals surface area contributed by atoms with E-state index in [1.54, 1.807) is 18.2 Å². The highest BCUT2D eigenvalue weighted by Crippen LogP contribution is 2.36. The second kappa shape index (κ2) is 8.69. The van der Waals surface area contributed by atoms with Crippen molar-refractivity contribution in [3.05, 3.63) is 82.9 Å². The third-order valence-electron chi connectivity index (χ3n) is 5.94. The van der Waals surface area contributed by atoms with Gasteiger partial charge in [-0.05, 0) is 48.2 Å². The Bertz CT molecular complexity index is 1290. The summed E-state index contributed by atoms with van der Waals surface area (Å²) in [5.74, 6) is -0.558. The van der Waals surface area contributed by atoms with E-state index in [0.29, 0.717) is 16.5 Å². The zero-order chi connectivity index (χ0) is 22.9. The Morgan fingerprint density at radius 2 is 1.75 bits per heavy atom. The fraction of sp³-hybridized carbons (Fsp3) is 0.269. The molecule has 0 unspecified atom stereocenters. The molecule has 0 aliphatic carbocycles. The van der Waals surface area contributed by atoms with Crippen molar-refractivity contribution in [3.63, 3.8) is 0 Å². The summed E-state index contributed by atoms with van der Waals surface area (Å²) in [4.78, 5) is 12.1. The summed E-state index contributed by atoms with van der Waals surface area (Å²) in [5.41, 5.74) is 8.15. The Hall–Kier alpha value is -3.28. The lowest BCUT2D eigenvalue weighted by molar-refractivity contribution is -0.138. The maximum atomic E-state index is 13.6. The zero-order valence-corrected chi connectivity index (χ0v) is 17.9. The van der Waals surface area contributed by atoms with Crippen LogP contribution in [-0.4, -0.2) is 10.5 Å². The molecule has 1 aromatic heterocycles. The lowest BCUT2D eigenvalue weighted by Gasteiger charge is -2.15. The number of carbonyl (C=O) groups excluding carboxylic acids is 1. The summed E-state index contributed by atoms with van der Waals surface area (Å²) in [5, 5.41) is 1.50. The fourth-order valence-corrected chi connectivity index (χ4v) is 4.41. The Morgan fingerprint density at radius 3 is 2.47 bits per heavy atom. The van der Waals surface area contributed by atoms with Gasteiger partial charge < -0.3 is 10.3 Å². The van der Waals surface area contributed by atoms with Crippen molar-refractivity contribution < 1.29 is 18.0 Å². The van der Waals surface area contributed by atoms with Crippen LogP contribution in [0.2, 0.25) is 0 Å². The summed E-state index contributed by atoms with van der Waals surface area (Å²) in [6.07, 6.45) is -0.275. The number of halogens is 3. The van der Waals surface area contributed by atoms with Crippen LogP contribution in [0.5, 0.6) is 0 Å². The van der Waals surface area contributed by atoms with E-state index in [1.807, 2.05) is 28.8 Å². The van der Waals surface area contributed by atoms with E-state index in [4.69, 9.17) is 5.73 Å². The minimum atomic E-state index is -4.45. The van der Waals surface area contributed by atoms with Crippen molar-refractivity contribution in [2.75, 3.05) is 0 Å². The quantitative estimate of drug-likeness (QED) is 0.321. The number of aryl methyl sites for hydroxylation is 1. The molecule has 0 fully saturated rings. The normalized spacial score (nSPS) is 12.0. The second-order valence-corrected chi connectivity index (χ2v) is 8.11. The van der Waals surface area contributed by atoms with Crippen molar-refractivity contribution in [3.8, 4) is 0 Å². The predicted molar refractivity (Wildman–Crippen MR) is 122 cm³/mol. The van der Waals surface area contributed by atoms with Crippen molar-refractivity contribution in [1.82, 2.24) is 4.57 Å². The van der Waals surface area contributed by atoms with Crippen LogP contribution in [-0.2, 0) is 19.1 Å². The molecule has 4 aromatic rings. The first kappa shape index (κ1) is 21.9. The number of aromatic nitrogens is 1. The lowest BCUT2D eigenvalue weighted by atomic mass is 10.0. The van der Waals surface area contributed by atoms with Crippen molar-refractivity contribution in [2.45, 2.75) is 45.3 Å². The highest BCUT2D eigenvalue weighted by atomic mass is 19.4. The lowest BCUT2D eigenvalue weighted by Crippen LogP contribution is -2.12. The molecule has 0 aliphatic heterocycles. The van der Waals surface area contributed by atoms with Gasteiger partial charge in [-0.2, -0.15) is 13.2 Å². The van der Waals surface area contributed by atoms with E-state index >= 15 is 0 Å². The number of unbranched alkanes of at least 4 members (excludes halogenated alkanes) is 2. The molecule has 1 amide bonds. The smallest absolute Gasteiger partial charge is 0.366 e. The number of benzene rings is 3. The van der Waals surface area contributed by atoms with E-state index in [0.717, 1.165) is 48.2 Å². The summed E-state index contributed by atoms with van der Waals surface area (Å²) >= 11 is 0. The number of rotatable bonds is 7. The standard InChI is InChI=1S/C26H25F3N2O/c1-2-3-4-8-17-13-14-19-23(15-17)31(22-12-7-10-20(24(19)22)25(30)32)16-18-9-5-6-11-21(18)26(27,28)29/h5-7,9-15H,2-4,8,16H2,1H3,(H2,30,32). The maximum absolute atomic E-state index is 13.6. The number of alkyl halides is 3. The number of fused-ring (bicyclic) bond motifs is 3. The molecule has 166 valence electrons. The van der Waals surface area contributed by atoms with Gasteiger partial charge in [-0.3, -0.25) is 4.79 Å². The van der Waals surface area contributed by atoms with Gasteiger partial charge in [-0.1, -0.05) is 56.2 Å². The monoisotopic (exact) mass is 438 g/mol. The molecule has 0 radical (unpaired) electrons. The number of nitrogens with two attached hydrogens (primary N) is 1. The largest absolute Gasteiger partial charge is 0.416 e. The highest BCUT2D eigenvalue weighted by molar-refractivity contribution is 6.18. The molecule has 0 aliphatic rings. The third kappa shape index (κ3) is 4.09. The van der Waals surface area contributed by atoms with E-state index in [-0.39, 0.29) is 12.1 Å². The molecule has 3 aromatic carbocycles. The summed E-state index contributed by atoms with van der Waals surface area (Å²) in [6, 6.07) is 16.8. The molecule has 2 N–H and O–H groups in total. The van der Waals surface area contributed by atoms with Gasteiger partial charge in [-0.15, -0.1) is 0 Å². The average molecular weight is 438 g/mol. The van der Waals surface area contributed by atoms with Crippen LogP contribution < -0.4 is 5.73 Å². The van der Waals surface area contributed by atoms with Gasteiger partial charge in [0.15, 0.2) is 0 Å². The molecule has 4 rings (SSSR count). The number of nitrogens with zero attached hydrogens (tertiary/aromatic N) is 1. The number of carbonyl (C=O) groups is 1. The van der Waals surface area contributed by atoms with Crippen LogP contribution in [0.3, 0.4) is 0 Å². The number of primary amides is 1. The molecule has 3 nitrogen and oxygen atoms in total. The van der Waals surface area contributed by atoms with Gasteiger partial charge in [0, 0.05) is 28.4 Å². The van der Waals surface area contributed by atoms with Gasteiger partial charge >= 0.3 is 6.18 Å². The second-order valence-electron chi connectivity index (χ2n) is 8.11. The van der Waals surface area contributed by atoms with Crippen LogP contribution >= 0.6 is 0 Å². The predicted octanol–water partition coefficient (Wildman–Crippen LogP) is 6.69. The first-order valence-corrected chi connectivity index (χ1v) is 10.8. The van der Waals surface area contributed by atoms with Crippen LogP contribution in [0.1, 0.15) is 53.2 Å². The van der Waals surface area contributed by atoms with E-state index < -0.39 is 17.6 Å². The summed E-state index contributed by atoms with van der Waals surface area (Å²) < 4.78 is 42.8. The van der Waals surface area contributed by atoms with Crippen LogP contribution in [0.25, 0.3) is 21.8 Å². The van der Waals surface area contributed by atoms with E-state index in [9.17, 15) is 18.0 Å². The molecule has 6 heteroatoms. The Kier molecular flexibility index (Phi) is 5.96. The molecule has 0 saturated carbocycles. The molecule has 32 heavy (non-hydrogen) atoms. The van der Waals surface area contributed by atoms with Gasteiger partial charge in [0.05, 0.1) is 11.1 Å². The van der Waals surface area contributed by atoms with Crippen molar-refractivity contribution in [2.24, 2.45) is 5.73 Å². The van der Waals surface area contributed by atoms with Gasteiger partial charge in [0.2, 0.25) is 5.91 Å². The number of hydrogen-bond donors (Lipinski definition) is 1. The topological polar surface area (TPSA) is 48.0 Å². The number of amides is 1. The van der Waals surface area contributed by atoms with Crippen molar-refractivity contribution >= 4 is 27.7 Å². The minimum Gasteiger partial charge on any atom is -0.366 e. The minimum absolute atomic E-state index is 0.0380. The zero-order valence-electron chi connectivity index (χ0n) is 17.9. The molecule has 0 saturated heterocycles. The first-order valence-electron chi connectivity index (χ1n) is 10.8. The Labute approximate surface area is 184 Å². The molecular formula is C26H25F3N2O. The third-order valence-corrected chi connectivity index (χ3v) is 5.94. The first-order chi connectivity index (χ1) is 15.3. The molecule has 1 heterocycles. The Morgan fingerprint density at radius 1 is 0.969 bits per heavy atom. The molecule has 0 atom stereocenters. The molecular weight excluding hydrogens is 413 g/mol. The Balaban J connectivity index is 1.94. The van der Waals surface area contributed by atoms with E-state index in [1.165, 1.54) is 12.1 Å². The average Bonchev–Trinajstić information content (AvgIpc) is 3.06.